The van der Waals surface area contributed by atoms with Gasteiger partial charge in [-0.25, -0.2) is 4.68 Å². The lowest BCUT2D eigenvalue weighted by Gasteiger charge is -2.16. The van der Waals surface area contributed by atoms with E-state index in [1.165, 1.54) is 25.3 Å². The average molecular weight is 353 g/mol. The summed E-state index contributed by atoms with van der Waals surface area (Å²) < 4.78 is 39.3. The summed E-state index contributed by atoms with van der Waals surface area (Å²) in [4.78, 5) is 15.0. The number of carbonyl (C=O) groups is 1. The lowest BCUT2D eigenvalue weighted by Crippen LogP contribution is -2.25. The second kappa shape index (κ2) is 6.43. The number of aliphatic carboxylic acids is 1. The van der Waals surface area contributed by atoms with Crippen LogP contribution in [0.5, 0.6) is 0 Å². The molecule has 2 heterocycles. The number of nitrogens with two attached hydrogens (primary N) is 1. The Hall–Kier alpha value is -3.09. The van der Waals surface area contributed by atoms with E-state index in [2.05, 4.69) is 10.1 Å². The zero-order valence-corrected chi connectivity index (χ0v) is 13.2. The van der Waals surface area contributed by atoms with Crippen molar-refractivity contribution >= 4 is 11.8 Å². The summed E-state index contributed by atoms with van der Waals surface area (Å²) in [5.74, 6) is -2.25. The van der Waals surface area contributed by atoms with E-state index in [9.17, 15) is 23.2 Å². The fourth-order valence-corrected chi connectivity index (χ4v) is 2.11. The van der Waals surface area contributed by atoms with Crippen molar-refractivity contribution in [2.75, 3.05) is 5.73 Å². The molecule has 0 aliphatic rings. The van der Waals surface area contributed by atoms with E-state index >= 15 is 0 Å². The number of nitrogen functional groups attached to an aromatic ring is 1. The van der Waals surface area contributed by atoms with Gasteiger partial charge in [0.2, 0.25) is 0 Å². The number of carboxylic acid groups (broad SMARTS) is 1. The fraction of sp³-hybridized carbons (Fsp3) is 0.333. The Bertz CT molecular complexity index is 837. The number of carboxylic acids is 1. The minimum atomic E-state index is -4.58. The molecule has 0 aliphatic carbocycles. The highest BCUT2D eigenvalue weighted by Gasteiger charge is 2.40. The molecule has 2 unspecified atom stereocenters. The van der Waals surface area contributed by atoms with E-state index in [1.54, 1.807) is 6.07 Å². The maximum Gasteiger partial charge on any atom is 0.410 e. The van der Waals surface area contributed by atoms with Crippen LogP contribution < -0.4 is 5.73 Å². The molecule has 10 heteroatoms. The number of hydrogen-bond donors (Lipinski definition) is 2. The van der Waals surface area contributed by atoms with Crippen LogP contribution in [0, 0.1) is 11.3 Å². The van der Waals surface area contributed by atoms with Crippen molar-refractivity contribution in [3.05, 3.63) is 29.5 Å². The average Bonchev–Trinajstić information content (AvgIpc) is 2.89. The van der Waals surface area contributed by atoms with Gasteiger partial charge in [-0.3, -0.25) is 9.78 Å². The van der Waals surface area contributed by atoms with E-state index in [-0.39, 0.29) is 17.0 Å². The normalized spacial score (nSPS) is 13.9. The van der Waals surface area contributed by atoms with Crippen LogP contribution in [0.3, 0.4) is 0 Å². The highest BCUT2D eigenvalue weighted by molar-refractivity contribution is 5.76. The van der Waals surface area contributed by atoms with E-state index in [0.717, 1.165) is 6.92 Å². The Morgan fingerprint density at radius 2 is 2.04 bits per heavy atom. The smallest absolute Gasteiger partial charge is 0.410 e. The SMILES string of the molecule is CC(C(=O)O)c1ccc(-c2nn(C(C)C(F)(F)F)c(N)c2C#N)nc1. The molecule has 2 rings (SSSR count). The number of rotatable bonds is 4. The summed E-state index contributed by atoms with van der Waals surface area (Å²) in [6.45, 7) is 2.34. The molecule has 132 valence electrons. The summed E-state index contributed by atoms with van der Waals surface area (Å²) in [6, 6.07) is 2.57. The van der Waals surface area contributed by atoms with Crippen molar-refractivity contribution in [1.29, 1.82) is 5.26 Å². The predicted octanol–water partition coefficient (Wildman–Crippen LogP) is 2.71. The fourth-order valence-electron chi connectivity index (χ4n) is 2.11. The molecule has 0 aromatic carbocycles. The van der Waals surface area contributed by atoms with Gasteiger partial charge in [-0.05, 0) is 25.5 Å². The number of nitrogens with zero attached hydrogens (tertiary/aromatic N) is 4. The standard InChI is InChI=1S/C15H14F3N5O2/c1-7(14(24)25)9-3-4-11(21-6-9)12-10(5-19)13(20)23(22-12)8(2)15(16,17)18/h3-4,6-8H,20H2,1-2H3,(H,24,25). The molecule has 0 saturated heterocycles. The minimum absolute atomic E-state index is 0.0920. The number of aromatic nitrogens is 3. The lowest BCUT2D eigenvalue weighted by molar-refractivity contribution is -0.164. The quantitative estimate of drug-likeness (QED) is 0.872. The van der Waals surface area contributed by atoms with Gasteiger partial charge in [0, 0.05) is 6.20 Å². The Morgan fingerprint density at radius 1 is 1.40 bits per heavy atom. The topological polar surface area (TPSA) is 118 Å². The van der Waals surface area contributed by atoms with Crippen LogP contribution in [0.2, 0.25) is 0 Å². The molecule has 0 aliphatic heterocycles. The summed E-state index contributed by atoms with van der Waals surface area (Å²) >= 11 is 0. The molecular weight excluding hydrogens is 339 g/mol. The number of nitriles is 1. The van der Waals surface area contributed by atoms with Crippen molar-refractivity contribution in [1.82, 2.24) is 14.8 Å². The lowest BCUT2D eigenvalue weighted by atomic mass is 10.0. The Balaban J connectivity index is 2.50. The second-order valence-corrected chi connectivity index (χ2v) is 5.42. The summed E-state index contributed by atoms with van der Waals surface area (Å²) in [7, 11) is 0. The third kappa shape index (κ3) is 3.40. The van der Waals surface area contributed by atoms with Crippen LogP contribution in [0.1, 0.15) is 36.9 Å². The molecule has 25 heavy (non-hydrogen) atoms. The Labute approximate surface area is 140 Å². The highest BCUT2D eigenvalue weighted by atomic mass is 19.4. The third-order valence-electron chi connectivity index (χ3n) is 3.80. The number of hydrogen-bond acceptors (Lipinski definition) is 5. The molecule has 2 atom stereocenters. The number of halogens is 3. The first-order valence-electron chi connectivity index (χ1n) is 7.11. The van der Waals surface area contributed by atoms with Gasteiger partial charge < -0.3 is 10.8 Å². The predicted molar refractivity (Wildman–Crippen MR) is 81.4 cm³/mol. The van der Waals surface area contributed by atoms with Gasteiger partial charge in [0.1, 0.15) is 29.2 Å². The first-order chi connectivity index (χ1) is 11.6. The highest BCUT2D eigenvalue weighted by Crippen LogP contribution is 2.35. The minimum Gasteiger partial charge on any atom is -0.481 e. The molecule has 0 amide bonds. The van der Waals surface area contributed by atoms with E-state index in [4.69, 9.17) is 10.8 Å². The number of anilines is 1. The van der Waals surface area contributed by atoms with Crippen LogP contribution in [0.15, 0.2) is 18.3 Å². The second-order valence-electron chi connectivity index (χ2n) is 5.42. The maximum absolute atomic E-state index is 12.9. The third-order valence-corrected chi connectivity index (χ3v) is 3.80. The Kier molecular flexibility index (Phi) is 4.69. The number of pyridine rings is 1. The van der Waals surface area contributed by atoms with Gasteiger partial charge in [0.05, 0.1) is 11.6 Å². The maximum atomic E-state index is 12.9. The first-order valence-corrected chi connectivity index (χ1v) is 7.11. The van der Waals surface area contributed by atoms with Crippen LogP contribution in [-0.4, -0.2) is 32.0 Å². The molecule has 0 saturated carbocycles. The molecule has 7 nitrogen and oxygen atoms in total. The molecule has 2 aromatic rings. The molecule has 0 fully saturated rings. The van der Waals surface area contributed by atoms with E-state index in [0.29, 0.717) is 10.2 Å². The van der Waals surface area contributed by atoms with Gasteiger partial charge in [0.25, 0.3) is 0 Å². The largest absolute Gasteiger partial charge is 0.481 e. The van der Waals surface area contributed by atoms with Gasteiger partial charge in [0.15, 0.2) is 0 Å². The molecular formula is C15H14F3N5O2. The summed E-state index contributed by atoms with van der Waals surface area (Å²) in [5, 5.41) is 22.0. The summed E-state index contributed by atoms with van der Waals surface area (Å²) in [6.07, 6.45) is -3.31. The van der Waals surface area contributed by atoms with Crippen LogP contribution >= 0.6 is 0 Å². The van der Waals surface area contributed by atoms with Crippen molar-refractivity contribution in [3.8, 4) is 17.5 Å². The molecule has 0 spiro atoms. The van der Waals surface area contributed by atoms with Gasteiger partial charge in [-0.1, -0.05) is 6.07 Å². The molecule has 3 N–H and O–H groups in total. The van der Waals surface area contributed by atoms with Crippen molar-refractivity contribution in [2.24, 2.45) is 0 Å². The van der Waals surface area contributed by atoms with Gasteiger partial charge in [-0.2, -0.15) is 23.5 Å². The summed E-state index contributed by atoms with van der Waals surface area (Å²) in [5.41, 5.74) is 5.86. The monoisotopic (exact) mass is 353 g/mol. The molecule has 2 aromatic heterocycles. The van der Waals surface area contributed by atoms with Crippen LogP contribution in [0.25, 0.3) is 11.4 Å². The first kappa shape index (κ1) is 18.3. The van der Waals surface area contributed by atoms with Crippen molar-refractivity contribution in [3.63, 3.8) is 0 Å². The van der Waals surface area contributed by atoms with Gasteiger partial charge in [-0.15, -0.1) is 0 Å². The van der Waals surface area contributed by atoms with E-state index < -0.39 is 29.9 Å². The van der Waals surface area contributed by atoms with Crippen LogP contribution in [-0.2, 0) is 4.79 Å². The van der Waals surface area contributed by atoms with Gasteiger partial charge >= 0.3 is 12.1 Å². The molecule has 0 radical (unpaired) electrons. The van der Waals surface area contributed by atoms with Crippen molar-refractivity contribution < 1.29 is 23.1 Å². The van der Waals surface area contributed by atoms with E-state index in [1.807, 2.05) is 0 Å². The Morgan fingerprint density at radius 3 is 2.48 bits per heavy atom. The zero-order valence-electron chi connectivity index (χ0n) is 13.2. The molecule has 0 bridgehead atoms. The van der Waals surface area contributed by atoms with Crippen molar-refractivity contribution in [2.45, 2.75) is 32.0 Å². The van der Waals surface area contributed by atoms with Crippen LogP contribution in [0.4, 0.5) is 19.0 Å². The zero-order chi connectivity index (χ0) is 18.9. The number of alkyl halides is 3.